The van der Waals surface area contributed by atoms with Gasteiger partial charge in [0, 0.05) is 39.4 Å². The zero-order valence-corrected chi connectivity index (χ0v) is 17.2. The lowest BCUT2D eigenvalue weighted by Crippen LogP contribution is -2.47. The molecule has 2 fully saturated rings. The Kier molecular flexibility index (Phi) is 11.1. The molecule has 0 atom stereocenters. The molecule has 0 unspecified atom stereocenters. The fraction of sp³-hybridized carbons (Fsp3) is 0.952. The highest BCUT2D eigenvalue weighted by Crippen LogP contribution is 2.20. The fourth-order valence-corrected chi connectivity index (χ4v) is 3.95. The van der Waals surface area contributed by atoms with E-state index < -0.39 is 0 Å². The molecule has 0 radical (unpaired) electrons. The van der Waals surface area contributed by atoms with Crippen molar-refractivity contribution in [3.8, 4) is 0 Å². The molecule has 5 heteroatoms. The number of piperidine rings is 1. The van der Waals surface area contributed by atoms with Gasteiger partial charge in [0.25, 0.3) is 0 Å². The molecule has 1 aliphatic heterocycles. The molecule has 1 heterocycles. The summed E-state index contributed by atoms with van der Waals surface area (Å²) >= 11 is 0. The Bertz CT molecular complexity index is 375. The van der Waals surface area contributed by atoms with Crippen molar-refractivity contribution >= 4 is 5.96 Å². The van der Waals surface area contributed by atoms with Crippen LogP contribution in [0.4, 0.5) is 0 Å². The van der Waals surface area contributed by atoms with Gasteiger partial charge in [-0.25, -0.2) is 0 Å². The maximum atomic E-state index is 6.01. The maximum absolute atomic E-state index is 6.01. The quantitative estimate of drug-likeness (QED) is 0.360. The van der Waals surface area contributed by atoms with Crippen LogP contribution in [0.25, 0.3) is 0 Å². The Hall–Kier alpha value is -0.810. The molecule has 1 aliphatic carbocycles. The number of rotatable bonds is 10. The van der Waals surface area contributed by atoms with Gasteiger partial charge in [-0.3, -0.25) is 4.99 Å². The van der Waals surface area contributed by atoms with Gasteiger partial charge in [0.1, 0.15) is 0 Å². The molecule has 1 N–H and O–H groups in total. The van der Waals surface area contributed by atoms with Gasteiger partial charge in [0.2, 0.25) is 0 Å². The van der Waals surface area contributed by atoms with Crippen LogP contribution in [0.3, 0.4) is 0 Å². The number of hydrogen-bond acceptors (Lipinski definition) is 3. The zero-order chi connectivity index (χ0) is 18.5. The summed E-state index contributed by atoms with van der Waals surface area (Å²) in [6.45, 7) is 9.92. The third-order valence-corrected chi connectivity index (χ3v) is 5.45. The van der Waals surface area contributed by atoms with Gasteiger partial charge >= 0.3 is 0 Å². The van der Waals surface area contributed by atoms with Crippen molar-refractivity contribution in [2.75, 3.05) is 39.4 Å². The Labute approximate surface area is 160 Å². The first-order valence-corrected chi connectivity index (χ1v) is 11.1. The third kappa shape index (κ3) is 8.26. The van der Waals surface area contributed by atoms with Crippen LogP contribution in [0.2, 0.25) is 0 Å². The van der Waals surface area contributed by atoms with E-state index in [0.29, 0.717) is 12.2 Å². The minimum absolute atomic E-state index is 0.434. The molecule has 2 aliphatic rings. The summed E-state index contributed by atoms with van der Waals surface area (Å²) in [5.41, 5.74) is 0. The van der Waals surface area contributed by atoms with Gasteiger partial charge in [0.05, 0.1) is 12.2 Å². The zero-order valence-electron chi connectivity index (χ0n) is 17.2. The lowest BCUT2D eigenvalue weighted by molar-refractivity contribution is 0.0263. The highest BCUT2D eigenvalue weighted by Gasteiger charge is 2.21. The molecule has 0 aromatic rings. The van der Waals surface area contributed by atoms with E-state index in [4.69, 9.17) is 14.5 Å². The Morgan fingerprint density at radius 2 is 1.65 bits per heavy atom. The van der Waals surface area contributed by atoms with Crippen LogP contribution in [-0.2, 0) is 9.47 Å². The smallest absolute Gasteiger partial charge is 0.193 e. The summed E-state index contributed by atoms with van der Waals surface area (Å²) in [7, 11) is 0. The molecule has 2 rings (SSSR count). The summed E-state index contributed by atoms with van der Waals surface area (Å²) in [5.74, 6) is 1.08. The van der Waals surface area contributed by atoms with E-state index in [9.17, 15) is 0 Å². The van der Waals surface area contributed by atoms with Crippen molar-refractivity contribution in [1.82, 2.24) is 10.2 Å². The molecule has 1 saturated heterocycles. The third-order valence-electron chi connectivity index (χ3n) is 5.45. The van der Waals surface area contributed by atoms with E-state index in [1.165, 1.54) is 44.9 Å². The monoisotopic (exact) mass is 367 g/mol. The van der Waals surface area contributed by atoms with Gasteiger partial charge in [-0.05, 0) is 58.8 Å². The number of ether oxygens (including phenoxy) is 2. The van der Waals surface area contributed by atoms with Crippen LogP contribution >= 0.6 is 0 Å². The molecule has 5 nitrogen and oxygen atoms in total. The van der Waals surface area contributed by atoms with E-state index in [1.807, 2.05) is 0 Å². The molecule has 0 amide bonds. The highest BCUT2D eigenvalue weighted by molar-refractivity contribution is 5.80. The molecule has 0 aromatic heterocycles. The van der Waals surface area contributed by atoms with E-state index >= 15 is 0 Å². The molecule has 0 spiro atoms. The van der Waals surface area contributed by atoms with Gasteiger partial charge in [0.15, 0.2) is 5.96 Å². The van der Waals surface area contributed by atoms with E-state index in [1.54, 1.807) is 0 Å². The average Bonchev–Trinajstić information content (AvgIpc) is 2.68. The van der Waals surface area contributed by atoms with Crippen molar-refractivity contribution < 1.29 is 9.47 Å². The first kappa shape index (κ1) is 21.5. The number of hydrogen-bond donors (Lipinski definition) is 1. The molecular weight excluding hydrogens is 326 g/mol. The van der Waals surface area contributed by atoms with E-state index in [0.717, 1.165) is 64.6 Å². The lowest BCUT2D eigenvalue weighted by atomic mass is 9.98. The largest absolute Gasteiger partial charge is 0.378 e. The normalized spacial score (nSPS) is 20.5. The van der Waals surface area contributed by atoms with E-state index in [-0.39, 0.29) is 0 Å². The Morgan fingerprint density at radius 1 is 0.923 bits per heavy atom. The molecular formula is C21H41N3O2. The summed E-state index contributed by atoms with van der Waals surface area (Å²) in [6, 6.07) is 0. The van der Waals surface area contributed by atoms with Crippen molar-refractivity contribution in [1.29, 1.82) is 0 Å². The minimum atomic E-state index is 0.434. The number of unbranched alkanes of at least 4 members (excludes halogenated alkanes) is 2. The molecule has 152 valence electrons. The summed E-state index contributed by atoms with van der Waals surface area (Å²) < 4.78 is 11.8. The SMILES string of the molecule is CCNC(=NCCCCCOC1CCCCC1)N1CCC(OCC)CC1. The second-order valence-electron chi connectivity index (χ2n) is 7.57. The Balaban J connectivity index is 1.58. The van der Waals surface area contributed by atoms with Crippen LogP contribution in [0.5, 0.6) is 0 Å². The Morgan fingerprint density at radius 3 is 2.35 bits per heavy atom. The van der Waals surface area contributed by atoms with Gasteiger partial charge < -0.3 is 19.7 Å². The van der Waals surface area contributed by atoms with Crippen molar-refractivity contribution in [3.05, 3.63) is 0 Å². The highest BCUT2D eigenvalue weighted by atomic mass is 16.5. The average molecular weight is 368 g/mol. The first-order chi connectivity index (χ1) is 12.8. The molecule has 0 aromatic carbocycles. The van der Waals surface area contributed by atoms with Crippen LogP contribution in [0.1, 0.15) is 78.1 Å². The second-order valence-corrected chi connectivity index (χ2v) is 7.57. The predicted molar refractivity (Wildman–Crippen MR) is 109 cm³/mol. The van der Waals surface area contributed by atoms with Crippen molar-refractivity contribution in [2.24, 2.45) is 4.99 Å². The van der Waals surface area contributed by atoms with Crippen LogP contribution in [0.15, 0.2) is 4.99 Å². The van der Waals surface area contributed by atoms with E-state index in [2.05, 4.69) is 24.1 Å². The molecule has 1 saturated carbocycles. The van der Waals surface area contributed by atoms with Gasteiger partial charge in [-0.1, -0.05) is 19.3 Å². The second kappa shape index (κ2) is 13.4. The lowest BCUT2D eigenvalue weighted by Gasteiger charge is -2.34. The number of nitrogens with zero attached hydrogens (tertiary/aromatic N) is 2. The van der Waals surface area contributed by atoms with Gasteiger partial charge in [-0.2, -0.15) is 0 Å². The standard InChI is InChI=1S/C21H41N3O2/c1-3-22-21(24-16-13-20(14-17-24)25-4-2)23-15-9-6-10-18-26-19-11-7-5-8-12-19/h19-20H,3-18H2,1-2H3,(H,22,23). The number of likely N-dealkylation sites (tertiary alicyclic amines) is 1. The summed E-state index contributed by atoms with van der Waals surface area (Å²) in [6.07, 6.45) is 13.4. The fourth-order valence-electron chi connectivity index (χ4n) is 3.95. The summed E-state index contributed by atoms with van der Waals surface area (Å²) in [4.78, 5) is 7.24. The summed E-state index contributed by atoms with van der Waals surface area (Å²) in [5, 5.41) is 3.45. The minimum Gasteiger partial charge on any atom is -0.378 e. The van der Waals surface area contributed by atoms with Crippen LogP contribution in [0, 0.1) is 0 Å². The number of nitrogens with one attached hydrogen (secondary N) is 1. The van der Waals surface area contributed by atoms with Crippen molar-refractivity contribution in [3.63, 3.8) is 0 Å². The molecule has 26 heavy (non-hydrogen) atoms. The predicted octanol–water partition coefficient (Wildman–Crippen LogP) is 3.97. The van der Waals surface area contributed by atoms with Crippen molar-refractivity contribution in [2.45, 2.75) is 90.3 Å². The van der Waals surface area contributed by atoms with Gasteiger partial charge in [-0.15, -0.1) is 0 Å². The van der Waals surface area contributed by atoms with Crippen LogP contribution < -0.4 is 5.32 Å². The maximum Gasteiger partial charge on any atom is 0.193 e. The van der Waals surface area contributed by atoms with Crippen LogP contribution in [-0.4, -0.2) is 62.5 Å². The first-order valence-electron chi connectivity index (χ1n) is 11.1. The number of guanidine groups is 1. The molecule has 0 bridgehead atoms. The number of aliphatic imine (C=N–C) groups is 1. The topological polar surface area (TPSA) is 46.1 Å².